The lowest BCUT2D eigenvalue weighted by atomic mass is 10.2. The predicted molar refractivity (Wildman–Crippen MR) is 78.5 cm³/mol. The van der Waals surface area contributed by atoms with Crippen molar-refractivity contribution in [2.45, 2.75) is 13.0 Å². The summed E-state index contributed by atoms with van der Waals surface area (Å²) in [7, 11) is 1.32. The molecule has 1 aromatic carbocycles. The van der Waals surface area contributed by atoms with E-state index in [1.807, 2.05) is 0 Å². The Kier molecular flexibility index (Phi) is 5.35. The Hall–Kier alpha value is -2.83. The van der Waals surface area contributed by atoms with Gasteiger partial charge < -0.3 is 19.2 Å². The average Bonchev–Trinajstić information content (AvgIpc) is 3.07. The molecule has 0 radical (unpaired) electrons. The van der Waals surface area contributed by atoms with Gasteiger partial charge in [0.1, 0.15) is 5.76 Å². The van der Waals surface area contributed by atoms with E-state index in [0.717, 1.165) is 6.07 Å². The van der Waals surface area contributed by atoms with E-state index in [0.29, 0.717) is 5.76 Å². The molecule has 122 valence electrons. The number of carbonyl (C=O) groups excluding carboxylic acids is 2. The molecule has 0 aliphatic heterocycles. The lowest BCUT2D eigenvalue weighted by Gasteiger charge is -2.11. The van der Waals surface area contributed by atoms with Gasteiger partial charge in [0.15, 0.2) is 18.2 Å². The Morgan fingerprint density at radius 3 is 2.74 bits per heavy atom. The van der Waals surface area contributed by atoms with Gasteiger partial charge in [0, 0.05) is 0 Å². The molecule has 0 unspecified atom stereocenters. The van der Waals surface area contributed by atoms with Gasteiger partial charge in [-0.2, -0.15) is 0 Å². The molecule has 0 saturated carbocycles. The van der Waals surface area contributed by atoms with Crippen LogP contribution >= 0.6 is 0 Å². The molecule has 0 bridgehead atoms. The second-order valence-electron chi connectivity index (χ2n) is 4.73. The van der Waals surface area contributed by atoms with Crippen LogP contribution in [0.3, 0.4) is 0 Å². The highest BCUT2D eigenvalue weighted by atomic mass is 19.1. The average molecular weight is 321 g/mol. The number of halogens is 1. The summed E-state index contributed by atoms with van der Waals surface area (Å²) >= 11 is 0. The third-order valence-corrected chi connectivity index (χ3v) is 3.07. The Morgan fingerprint density at radius 1 is 1.35 bits per heavy atom. The Labute approximate surface area is 132 Å². The zero-order valence-corrected chi connectivity index (χ0v) is 12.7. The molecule has 0 saturated heterocycles. The highest BCUT2D eigenvalue weighted by Crippen LogP contribution is 2.18. The number of esters is 1. The van der Waals surface area contributed by atoms with Gasteiger partial charge in [-0.05, 0) is 37.3 Å². The summed E-state index contributed by atoms with van der Waals surface area (Å²) in [6.07, 6.45) is 1.50. The molecule has 1 N–H and O–H groups in total. The minimum Gasteiger partial charge on any atom is -0.494 e. The monoisotopic (exact) mass is 321 g/mol. The lowest BCUT2D eigenvalue weighted by Crippen LogP contribution is -2.31. The van der Waals surface area contributed by atoms with Crippen molar-refractivity contribution in [1.82, 2.24) is 5.32 Å². The highest BCUT2D eigenvalue weighted by molar-refractivity contribution is 5.91. The van der Waals surface area contributed by atoms with Gasteiger partial charge in [0.05, 0.1) is 25.0 Å². The summed E-state index contributed by atoms with van der Waals surface area (Å²) in [4.78, 5) is 23.5. The number of nitrogens with one attached hydrogen (secondary N) is 1. The van der Waals surface area contributed by atoms with Gasteiger partial charge in [0.25, 0.3) is 5.91 Å². The fraction of sp³-hybridized carbons (Fsp3) is 0.250. The summed E-state index contributed by atoms with van der Waals surface area (Å²) in [5, 5.41) is 2.61. The van der Waals surface area contributed by atoms with Crippen molar-refractivity contribution in [3.8, 4) is 5.75 Å². The summed E-state index contributed by atoms with van der Waals surface area (Å²) in [5.41, 5.74) is -0.00446. The molecular formula is C16H16FNO5. The number of hydrogen-bond acceptors (Lipinski definition) is 5. The second kappa shape index (κ2) is 7.44. The van der Waals surface area contributed by atoms with Crippen molar-refractivity contribution in [2.75, 3.05) is 13.7 Å². The van der Waals surface area contributed by atoms with E-state index in [1.165, 1.54) is 25.5 Å². The minimum atomic E-state index is -0.799. The largest absolute Gasteiger partial charge is 0.494 e. The van der Waals surface area contributed by atoms with Crippen molar-refractivity contribution < 1.29 is 27.9 Å². The SMILES string of the molecule is COc1ccc(C(=O)OCC(=O)N[C@H](C)c2ccco2)cc1F. The molecule has 0 fully saturated rings. The number of methoxy groups -OCH3 is 1. The number of amides is 1. The Balaban J connectivity index is 1.86. The molecule has 2 aromatic rings. The van der Waals surface area contributed by atoms with Crippen LogP contribution in [0.2, 0.25) is 0 Å². The Morgan fingerprint density at radius 2 is 2.13 bits per heavy atom. The van der Waals surface area contributed by atoms with Gasteiger partial charge >= 0.3 is 5.97 Å². The number of carbonyl (C=O) groups is 2. The number of rotatable bonds is 6. The van der Waals surface area contributed by atoms with Crippen LogP contribution < -0.4 is 10.1 Å². The van der Waals surface area contributed by atoms with Crippen LogP contribution in [0.1, 0.15) is 29.1 Å². The maximum atomic E-state index is 13.5. The number of furan rings is 1. The first-order chi connectivity index (χ1) is 11.0. The summed E-state index contributed by atoms with van der Waals surface area (Å²) in [5.74, 6) is -1.37. The third kappa shape index (κ3) is 4.32. The number of ether oxygens (including phenoxy) is 2. The fourth-order valence-corrected chi connectivity index (χ4v) is 1.90. The molecule has 23 heavy (non-hydrogen) atoms. The molecule has 1 aromatic heterocycles. The Bertz CT molecular complexity index is 684. The molecule has 6 nitrogen and oxygen atoms in total. The van der Waals surface area contributed by atoms with Crippen molar-refractivity contribution in [2.24, 2.45) is 0 Å². The topological polar surface area (TPSA) is 77.8 Å². The molecule has 1 heterocycles. The fourth-order valence-electron chi connectivity index (χ4n) is 1.90. The smallest absolute Gasteiger partial charge is 0.338 e. The molecule has 1 amide bonds. The first-order valence-corrected chi connectivity index (χ1v) is 6.84. The molecule has 7 heteroatoms. The van der Waals surface area contributed by atoms with Gasteiger partial charge in [-0.25, -0.2) is 9.18 Å². The first kappa shape index (κ1) is 16.5. The molecule has 0 aliphatic rings. The van der Waals surface area contributed by atoms with E-state index in [-0.39, 0.29) is 17.4 Å². The maximum absolute atomic E-state index is 13.5. The number of hydrogen-bond donors (Lipinski definition) is 1. The van der Waals surface area contributed by atoms with E-state index in [1.54, 1.807) is 19.1 Å². The van der Waals surface area contributed by atoms with Gasteiger partial charge in [-0.15, -0.1) is 0 Å². The van der Waals surface area contributed by atoms with Crippen LogP contribution in [0.25, 0.3) is 0 Å². The predicted octanol–water partition coefficient (Wildman–Crippen LogP) is 2.46. The summed E-state index contributed by atoms with van der Waals surface area (Å²) < 4.78 is 28.3. The summed E-state index contributed by atoms with van der Waals surface area (Å²) in [6, 6.07) is 6.73. The van der Waals surface area contributed by atoms with Gasteiger partial charge in [0.2, 0.25) is 0 Å². The first-order valence-electron chi connectivity index (χ1n) is 6.84. The van der Waals surface area contributed by atoms with Gasteiger partial charge in [-0.1, -0.05) is 0 Å². The van der Waals surface area contributed by atoms with Crippen LogP contribution in [0.15, 0.2) is 41.0 Å². The van der Waals surface area contributed by atoms with Crippen LogP contribution in [0, 0.1) is 5.82 Å². The molecule has 0 spiro atoms. The highest BCUT2D eigenvalue weighted by Gasteiger charge is 2.15. The van der Waals surface area contributed by atoms with E-state index < -0.39 is 24.3 Å². The van der Waals surface area contributed by atoms with E-state index in [2.05, 4.69) is 5.32 Å². The van der Waals surface area contributed by atoms with E-state index >= 15 is 0 Å². The lowest BCUT2D eigenvalue weighted by molar-refractivity contribution is -0.125. The van der Waals surface area contributed by atoms with Crippen LogP contribution in [0.4, 0.5) is 4.39 Å². The zero-order valence-electron chi connectivity index (χ0n) is 12.7. The van der Waals surface area contributed by atoms with Crippen molar-refractivity contribution in [1.29, 1.82) is 0 Å². The zero-order chi connectivity index (χ0) is 16.8. The van der Waals surface area contributed by atoms with Crippen LogP contribution in [-0.2, 0) is 9.53 Å². The standard InChI is InChI=1S/C16H16FNO5/c1-10(13-4-3-7-22-13)18-15(19)9-23-16(20)11-5-6-14(21-2)12(17)8-11/h3-8,10H,9H2,1-2H3,(H,18,19)/t10-/m1/s1. The van der Waals surface area contributed by atoms with Crippen LogP contribution in [0.5, 0.6) is 5.75 Å². The maximum Gasteiger partial charge on any atom is 0.338 e. The second-order valence-corrected chi connectivity index (χ2v) is 4.73. The quantitative estimate of drug-likeness (QED) is 0.827. The van der Waals surface area contributed by atoms with Crippen LogP contribution in [-0.4, -0.2) is 25.6 Å². The van der Waals surface area contributed by atoms with Crippen molar-refractivity contribution >= 4 is 11.9 Å². The normalized spacial score (nSPS) is 11.6. The molecule has 0 aliphatic carbocycles. The minimum absolute atomic E-state index is 0.00446. The van der Waals surface area contributed by atoms with E-state index in [9.17, 15) is 14.0 Å². The molecular weight excluding hydrogens is 305 g/mol. The molecule has 2 rings (SSSR count). The summed E-state index contributed by atoms with van der Waals surface area (Å²) in [6.45, 7) is 1.26. The number of benzene rings is 1. The van der Waals surface area contributed by atoms with Gasteiger partial charge in [-0.3, -0.25) is 4.79 Å². The van der Waals surface area contributed by atoms with Crippen molar-refractivity contribution in [3.05, 3.63) is 53.7 Å². The van der Waals surface area contributed by atoms with E-state index in [4.69, 9.17) is 13.9 Å². The molecule has 1 atom stereocenters. The third-order valence-electron chi connectivity index (χ3n) is 3.07. The van der Waals surface area contributed by atoms with Crippen molar-refractivity contribution in [3.63, 3.8) is 0 Å².